The summed E-state index contributed by atoms with van der Waals surface area (Å²) in [5.41, 5.74) is 10.1. The van der Waals surface area contributed by atoms with E-state index in [0.717, 1.165) is 16.8 Å². The molecular formula is C24H24N6O2. The number of nitrogens with two attached hydrogens (primary N) is 1. The van der Waals surface area contributed by atoms with Gasteiger partial charge >= 0.3 is 0 Å². The third-order valence-electron chi connectivity index (χ3n) is 5.23. The number of carbonyl (C=O) groups is 2. The van der Waals surface area contributed by atoms with Gasteiger partial charge in [-0.3, -0.25) is 14.6 Å². The zero-order valence-corrected chi connectivity index (χ0v) is 18.2. The third kappa shape index (κ3) is 3.95. The Kier molecular flexibility index (Phi) is 5.70. The molecule has 2 aromatic carbocycles. The average Bonchev–Trinajstić information content (AvgIpc) is 3.22. The van der Waals surface area contributed by atoms with Gasteiger partial charge < -0.3 is 5.73 Å². The van der Waals surface area contributed by atoms with E-state index in [1.807, 2.05) is 57.4 Å². The van der Waals surface area contributed by atoms with Gasteiger partial charge in [0.2, 0.25) is 5.91 Å². The summed E-state index contributed by atoms with van der Waals surface area (Å²) in [5.74, 6) is -0.568. The molecule has 0 unspecified atom stereocenters. The fraction of sp³-hybridized carbons (Fsp3) is 0.167. The summed E-state index contributed by atoms with van der Waals surface area (Å²) in [6.45, 7) is 2.51. The van der Waals surface area contributed by atoms with Gasteiger partial charge in [-0.15, -0.1) is 0 Å². The van der Waals surface area contributed by atoms with Crippen LogP contribution in [0.25, 0.3) is 28.2 Å². The Morgan fingerprint density at radius 1 is 0.969 bits per heavy atom. The Balaban J connectivity index is 1.76. The van der Waals surface area contributed by atoms with Crippen molar-refractivity contribution in [3.05, 3.63) is 78.0 Å². The second-order valence-corrected chi connectivity index (χ2v) is 7.53. The topological polar surface area (TPSA) is 96.8 Å². The number of imidazole rings is 1. The Bertz CT molecular complexity index is 1310. The fourth-order valence-electron chi connectivity index (χ4n) is 3.62. The molecule has 0 aliphatic heterocycles. The number of nitrogens with zero attached hydrogens (tertiary/aromatic N) is 5. The summed E-state index contributed by atoms with van der Waals surface area (Å²) in [5, 5.41) is 8.17. The molecule has 4 rings (SSSR count). The highest BCUT2D eigenvalue weighted by atomic mass is 16.2. The summed E-state index contributed by atoms with van der Waals surface area (Å²) in [4.78, 5) is 28.9. The van der Waals surface area contributed by atoms with Crippen molar-refractivity contribution >= 4 is 17.5 Å². The number of benzene rings is 2. The van der Waals surface area contributed by atoms with Gasteiger partial charge in [0.15, 0.2) is 5.65 Å². The molecule has 0 aliphatic rings. The summed E-state index contributed by atoms with van der Waals surface area (Å²) in [6, 6.07) is 18.2. The van der Waals surface area contributed by atoms with Crippen LogP contribution in [0.5, 0.6) is 0 Å². The molecule has 8 nitrogen and oxygen atoms in total. The maximum atomic E-state index is 12.9. The van der Waals surface area contributed by atoms with E-state index in [9.17, 15) is 9.59 Å². The minimum atomic E-state index is -0.489. The van der Waals surface area contributed by atoms with E-state index in [0.29, 0.717) is 29.0 Å². The first-order valence-corrected chi connectivity index (χ1v) is 10.2. The summed E-state index contributed by atoms with van der Waals surface area (Å²) in [7, 11) is 3.68. The molecule has 0 spiro atoms. The molecule has 8 heteroatoms. The van der Waals surface area contributed by atoms with Crippen molar-refractivity contribution in [1.29, 1.82) is 0 Å². The molecular weight excluding hydrogens is 404 g/mol. The first-order valence-electron chi connectivity index (χ1n) is 10.2. The lowest BCUT2D eigenvalue weighted by Gasteiger charge is -2.27. The van der Waals surface area contributed by atoms with Gasteiger partial charge in [-0.25, -0.2) is 14.5 Å². The molecule has 4 aromatic rings. The van der Waals surface area contributed by atoms with Gasteiger partial charge in [0.25, 0.3) is 5.91 Å². The second-order valence-electron chi connectivity index (χ2n) is 7.53. The number of fused-ring (bicyclic) bond motifs is 1. The number of amides is 2. The quantitative estimate of drug-likeness (QED) is 0.476. The Hall–Kier alpha value is -4.04. The summed E-state index contributed by atoms with van der Waals surface area (Å²) >= 11 is 0. The molecule has 0 radical (unpaired) electrons. The Labute approximate surface area is 185 Å². The number of hydrogen-bond acceptors (Lipinski definition) is 5. The van der Waals surface area contributed by atoms with Gasteiger partial charge in [0.1, 0.15) is 0 Å². The van der Waals surface area contributed by atoms with E-state index in [4.69, 9.17) is 10.8 Å². The predicted molar refractivity (Wildman–Crippen MR) is 123 cm³/mol. The Morgan fingerprint density at radius 3 is 2.34 bits per heavy atom. The molecule has 162 valence electrons. The molecule has 0 fully saturated rings. The number of rotatable bonds is 6. The first-order chi connectivity index (χ1) is 15.4. The highest BCUT2D eigenvalue weighted by molar-refractivity contribution is 5.95. The van der Waals surface area contributed by atoms with Crippen LogP contribution in [-0.2, 0) is 0 Å². The smallest absolute Gasteiger partial charge is 0.268 e. The van der Waals surface area contributed by atoms with Crippen LogP contribution in [0.2, 0.25) is 0 Å². The van der Waals surface area contributed by atoms with Crippen LogP contribution in [0.3, 0.4) is 0 Å². The third-order valence-corrected chi connectivity index (χ3v) is 5.23. The lowest BCUT2D eigenvalue weighted by molar-refractivity contribution is 0.0230. The van der Waals surface area contributed by atoms with Crippen LogP contribution in [-0.4, -0.2) is 57.1 Å². The molecule has 0 saturated heterocycles. The SMILES string of the molecule is CCN(C(=O)c1cccc(-c2cnc3ccc(-c4cccc(C(N)=O)c4)nn23)c1)N(C)C. The van der Waals surface area contributed by atoms with E-state index in [2.05, 4.69) is 4.98 Å². The molecule has 2 heterocycles. The van der Waals surface area contributed by atoms with E-state index >= 15 is 0 Å². The molecule has 0 bridgehead atoms. The molecule has 2 aromatic heterocycles. The number of carbonyl (C=O) groups excluding carboxylic acids is 2. The van der Waals surface area contributed by atoms with Gasteiger partial charge in [0.05, 0.1) is 17.6 Å². The zero-order chi connectivity index (χ0) is 22.8. The van der Waals surface area contributed by atoms with Gasteiger partial charge in [0, 0.05) is 42.9 Å². The minimum Gasteiger partial charge on any atom is -0.366 e. The number of primary amides is 1. The largest absolute Gasteiger partial charge is 0.366 e. The van der Waals surface area contributed by atoms with Crippen LogP contribution >= 0.6 is 0 Å². The van der Waals surface area contributed by atoms with Crippen LogP contribution in [0, 0.1) is 0 Å². The molecule has 2 N–H and O–H groups in total. The summed E-state index contributed by atoms with van der Waals surface area (Å²) < 4.78 is 1.74. The number of hydrogen-bond donors (Lipinski definition) is 1. The van der Waals surface area contributed by atoms with E-state index in [1.165, 1.54) is 0 Å². The van der Waals surface area contributed by atoms with Crippen LogP contribution < -0.4 is 5.73 Å². The lowest BCUT2D eigenvalue weighted by atomic mass is 10.1. The van der Waals surface area contributed by atoms with Crippen LogP contribution in [0.15, 0.2) is 66.9 Å². The Morgan fingerprint density at radius 2 is 1.66 bits per heavy atom. The van der Waals surface area contributed by atoms with Crippen molar-refractivity contribution in [2.24, 2.45) is 5.73 Å². The van der Waals surface area contributed by atoms with Gasteiger partial charge in [-0.1, -0.05) is 24.3 Å². The first kappa shape index (κ1) is 21.2. The second kappa shape index (κ2) is 8.60. The normalized spacial score (nSPS) is 11.1. The van der Waals surface area contributed by atoms with Crippen molar-refractivity contribution in [3.8, 4) is 22.5 Å². The predicted octanol–water partition coefficient (Wildman–Crippen LogP) is 3.10. The van der Waals surface area contributed by atoms with Gasteiger partial charge in [-0.2, -0.15) is 5.10 Å². The fourth-order valence-corrected chi connectivity index (χ4v) is 3.62. The van der Waals surface area contributed by atoms with Gasteiger partial charge in [-0.05, 0) is 43.3 Å². The lowest BCUT2D eigenvalue weighted by Crippen LogP contribution is -2.41. The maximum Gasteiger partial charge on any atom is 0.268 e. The standard InChI is InChI=1S/C24H24N6O2/c1-4-29(28(2)3)24(32)19-10-6-8-17(14-19)21-15-26-22-12-11-20(27-30(21)22)16-7-5-9-18(13-16)23(25)31/h5-15H,4H2,1-3H3,(H2,25,31). The van der Waals surface area contributed by atoms with E-state index in [1.54, 1.807) is 45.0 Å². The van der Waals surface area contributed by atoms with Crippen molar-refractivity contribution in [3.63, 3.8) is 0 Å². The van der Waals surface area contributed by atoms with Crippen molar-refractivity contribution < 1.29 is 9.59 Å². The maximum absolute atomic E-state index is 12.9. The average molecular weight is 428 g/mol. The molecule has 0 saturated carbocycles. The highest BCUT2D eigenvalue weighted by Gasteiger charge is 2.18. The monoisotopic (exact) mass is 428 g/mol. The van der Waals surface area contributed by atoms with Crippen LogP contribution in [0.1, 0.15) is 27.6 Å². The van der Waals surface area contributed by atoms with E-state index < -0.39 is 5.91 Å². The number of hydrazine groups is 1. The minimum absolute atomic E-state index is 0.0786. The van der Waals surface area contributed by atoms with Crippen molar-refractivity contribution in [2.45, 2.75) is 6.92 Å². The number of aromatic nitrogens is 3. The molecule has 32 heavy (non-hydrogen) atoms. The molecule has 0 atom stereocenters. The van der Waals surface area contributed by atoms with Crippen molar-refractivity contribution in [2.75, 3.05) is 20.6 Å². The zero-order valence-electron chi connectivity index (χ0n) is 18.2. The van der Waals surface area contributed by atoms with E-state index in [-0.39, 0.29) is 5.91 Å². The summed E-state index contributed by atoms with van der Waals surface area (Å²) in [6.07, 6.45) is 1.74. The highest BCUT2D eigenvalue weighted by Crippen LogP contribution is 2.24. The van der Waals surface area contributed by atoms with Crippen molar-refractivity contribution in [1.82, 2.24) is 24.6 Å². The molecule has 0 aliphatic carbocycles. The molecule has 2 amide bonds. The van der Waals surface area contributed by atoms with Crippen LogP contribution in [0.4, 0.5) is 0 Å².